The van der Waals surface area contributed by atoms with Gasteiger partial charge in [-0.1, -0.05) is 30.0 Å². The van der Waals surface area contributed by atoms with Gasteiger partial charge in [0.2, 0.25) is 0 Å². The topological polar surface area (TPSA) is 48.2 Å². The summed E-state index contributed by atoms with van der Waals surface area (Å²) in [6.45, 7) is 2.06. The largest absolute Gasteiger partial charge is 0.334 e. The summed E-state index contributed by atoms with van der Waals surface area (Å²) in [7, 11) is 0. The van der Waals surface area contributed by atoms with E-state index in [1.165, 1.54) is 5.56 Å². The van der Waals surface area contributed by atoms with E-state index in [4.69, 9.17) is 5.26 Å². The van der Waals surface area contributed by atoms with Crippen molar-refractivity contribution in [1.82, 2.24) is 0 Å². The number of nitriles is 1. The van der Waals surface area contributed by atoms with Gasteiger partial charge in [0.1, 0.15) is 0 Å². The molecule has 0 aliphatic heterocycles. The maximum atomic E-state index is 8.78. The maximum absolute atomic E-state index is 8.78. The molecule has 2 rings (SSSR count). The standard InChI is InChI=1S/C16H15N3S/c1-12-5-3-4-6-15(12)19-16(20-2)18-14-9-7-13(11-17)8-10-14/h3-10H,1-2H3,(H,18,19). The van der Waals surface area contributed by atoms with E-state index < -0.39 is 0 Å². The van der Waals surface area contributed by atoms with Gasteiger partial charge >= 0.3 is 0 Å². The average molecular weight is 281 g/mol. The quantitative estimate of drug-likeness (QED) is 0.658. The minimum Gasteiger partial charge on any atom is -0.334 e. The third-order valence-corrected chi connectivity index (χ3v) is 3.39. The minimum absolute atomic E-state index is 0.640. The lowest BCUT2D eigenvalue weighted by Gasteiger charge is -2.10. The van der Waals surface area contributed by atoms with Crippen LogP contribution in [0.3, 0.4) is 0 Å². The molecule has 2 aromatic rings. The summed E-state index contributed by atoms with van der Waals surface area (Å²) in [5, 5.41) is 12.9. The molecule has 0 atom stereocenters. The molecule has 2 aromatic carbocycles. The molecule has 0 bridgehead atoms. The van der Waals surface area contributed by atoms with Gasteiger partial charge in [-0.2, -0.15) is 5.26 Å². The fourth-order valence-corrected chi connectivity index (χ4v) is 2.09. The van der Waals surface area contributed by atoms with E-state index >= 15 is 0 Å². The first-order chi connectivity index (χ1) is 9.72. The van der Waals surface area contributed by atoms with Gasteiger partial charge in [0.05, 0.1) is 17.3 Å². The van der Waals surface area contributed by atoms with Crippen molar-refractivity contribution in [2.45, 2.75) is 6.92 Å². The van der Waals surface area contributed by atoms with Crippen molar-refractivity contribution >= 4 is 28.3 Å². The predicted molar refractivity (Wildman–Crippen MR) is 86.6 cm³/mol. The number of nitrogens with zero attached hydrogens (tertiary/aromatic N) is 2. The van der Waals surface area contributed by atoms with E-state index in [0.717, 1.165) is 16.5 Å². The van der Waals surface area contributed by atoms with E-state index in [1.54, 1.807) is 23.9 Å². The van der Waals surface area contributed by atoms with Crippen molar-refractivity contribution in [2.75, 3.05) is 11.6 Å². The SMILES string of the molecule is CS/C(=N\c1ccc(C#N)cc1)Nc1ccccc1C. The molecule has 0 spiro atoms. The number of anilines is 1. The van der Waals surface area contributed by atoms with E-state index in [1.807, 2.05) is 36.6 Å². The number of hydrogen-bond acceptors (Lipinski definition) is 3. The minimum atomic E-state index is 0.640. The van der Waals surface area contributed by atoms with Crippen LogP contribution in [0.4, 0.5) is 11.4 Å². The van der Waals surface area contributed by atoms with Crippen LogP contribution in [0.2, 0.25) is 0 Å². The lowest BCUT2D eigenvalue weighted by Crippen LogP contribution is -2.07. The van der Waals surface area contributed by atoms with Crippen LogP contribution in [-0.4, -0.2) is 11.4 Å². The summed E-state index contributed by atoms with van der Waals surface area (Å²) in [6, 6.07) is 17.4. The molecule has 0 saturated heterocycles. The number of thioether (sulfide) groups is 1. The molecular weight excluding hydrogens is 266 g/mol. The van der Waals surface area contributed by atoms with Crippen LogP contribution in [-0.2, 0) is 0 Å². The van der Waals surface area contributed by atoms with Crippen LogP contribution in [0, 0.1) is 18.3 Å². The number of rotatable bonds is 2. The van der Waals surface area contributed by atoms with Crippen LogP contribution in [0.1, 0.15) is 11.1 Å². The molecule has 0 fully saturated rings. The molecule has 1 N–H and O–H groups in total. The molecule has 4 heteroatoms. The zero-order valence-corrected chi connectivity index (χ0v) is 12.2. The Morgan fingerprint density at radius 2 is 1.85 bits per heavy atom. The zero-order chi connectivity index (χ0) is 14.4. The molecule has 0 unspecified atom stereocenters. The van der Waals surface area contributed by atoms with Crippen molar-refractivity contribution < 1.29 is 0 Å². The van der Waals surface area contributed by atoms with Gasteiger partial charge in [-0.05, 0) is 49.1 Å². The lowest BCUT2D eigenvalue weighted by atomic mass is 10.2. The van der Waals surface area contributed by atoms with E-state index in [2.05, 4.69) is 29.4 Å². The third-order valence-electron chi connectivity index (χ3n) is 2.81. The van der Waals surface area contributed by atoms with Crippen LogP contribution < -0.4 is 5.32 Å². The van der Waals surface area contributed by atoms with E-state index in [-0.39, 0.29) is 0 Å². The van der Waals surface area contributed by atoms with Gasteiger partial charge < -0.3 is 5.32 Å². The van der Waals surface area contributed by atoms with Crippen molar-refractivity contribution in [3.63, 3.8) is 0 Å². The Bertz CT molecular complexity index is 654. The molecule has 100 valence electrons. The molecule has 0 aliphatic rings. The average Bonchev–Trinajstić information content (AvgIpc) is 2.49. The summed E-state index contributed by atoms with van der Waals surface area (Å²) >= 11 is 1.55. The Morgan fingerprint density at radius 3 is 2.45 bits per heavy atom. The third kappa shape index (κ3) is 3.62. The highest BCUT2D eigenvalue weighted by molar-refractivity contribution is 8.13. The van der Waals surface area contributed by atoms with E-state index in [9.17, 15) is 0 Å². The Labute approximate surface area is 123 Å². The maximum Gasteiger partial charge on any atom is 0.165 e. The smallest absolute Gasteiger partial charge is 0.165 e. The first-order valence-electron chi connectivity index (χ1n) is 6.18. The molecular formula is C16H15N3S. The fourth-order valence-electron chi connectivity index (χ4n) is 1.68. The van der Waals surface area contributed by atoms with Crippen molar-refractivity contribution in [3.8, 4) is 6.07 Å². The molecule has 0 aliphatic carbocycles. The van der Waals surface area contributed by atoms with Gasteiger partial charge in [0.25, 0.3) is 0 Å². The van der Waals surface area contributed by atoms with Gasteiger partial charge in [0.15, 0.2) is 5.17 Å². The first-order valence-corrected chi connectivity index (χ1v) is 7.41. The lowest BCUT2D eigenvalue weighted by molar-refractivity contribution is 1.44. The van der Waals surface area contributed by atoms with Crippen LogP contribution in [0.25, 0.3) is 0 Å². The second kappa shape index (κ2) is 6.78. The summed E-state index contributed by atoms with van der Waals surface area (Å²) in [6.07, 6.45) is 1.98. The Kier molecular flexibility index (Phi) is 4.80. The Hall–Kier alpha value is -2.25. The summed E-state index contributed by atoms with van der Waals surface area (Å²) in [4.78, 5) is 4.55. The molecule has 3 nitrogen and oxygen atoms in total. The molecule has 0 saturated carbocycles. The molecule has 20 heavy (non-hydrogen) atoms. The van der Waals surface area contributed by atoms with Crippen LogP contribution >= 0.6 is 11.8 Å². The highest BCUT2D eigenvalue weighted by Crippen LogP contribution is 2.19. The fraction of sp³-hybridized carbons (Fsp3) is 0.125. The van der Waals surface area contributed by atoms with E-state index in [0.29, 0.717) is 5.56 Å². The Balaban J connectivity index is 2.21. The highest BCUT2D eigenvalue weighted by Gasteiger charge is 2.01. The van der Waals surface area contributed by atoms with Gasteiger partial charge in [0, 0.05) is 5.69 Å². The van der Waals surface area contributed by atoms with Gasteiger partial charge in [-0.15, -0.1) is 0 Å². The number of para-hydroxylation sites is 1. The van der Waals surface area contributed by atoms with Crippen molar-refractivity contribution in [3.05, 3.63) is 59.7 Å². The van der Waals surface area contributed by atoms with Crippen LogP contribution in [0.15, 0.2) is 53.5 Å². The van der Waals surface area contributed by atoms with Gasteiger partial charge in [-0.25, -0.2) is 4.99 Å². The second-order valence-electron chi connectivity index (χ2n) is 4.22. The number of nitrogens with one attached hydrogen (secondary N) is 1. The number of aryl methyl sites for hydroxylation is 1. The predicted octanol–water partition coefficient (Wildman–Crippen LogP) is 4.33. The molecule has 0 radical (unpaired) electrons. The number of amidine groups is 1. The number of benzene rings is 2. The summed E-state index contributed by atoms with van der Waals surface area (Å²) in [5.41, 5.74) is 3.69. The number of hydrogen-bond donors (Lipinski definition) is 1. The normalized spacial score (nSPS) is 10.9. The molecule has 0 heterocycles. The number of aliphatic imine (C=N–C) groups is 1. The monoisotopic (exact) mass is 281 g/mol. The summed E-state index contributed by atoms with van der Waals surface area (Å²) < 4.78 is 0. The first kappa shape index (κ1) is 14.2. The molecule has 0 aromatic heterocycles. The zero-order valence-electron chi connectivity index (χ0n) is 11.4. The van der Waals surface area contributed by atoms with Crippen LogP contribution in [0.5, 0.6) is 0 Å². The van der Waals surface area contributed by atoms with Gasteiger partial charge in [-0.3, -0.25) is 0 Å². The highest BCUT2D eigenvalue weighted by atomic mass is 32.2. The second-order valence-corrected chi connectivity index (χ2v) is 5.01. The Morgan fingerprint density at radius 1 is 1.15 bits per heavy atom. The summed E-state index contributed by atoms with van der Waals surface area (Å²) in [5.74, 6) is 0. The molecule has 0 amide bonds. The van der Waals surface area contributed by atoms with Crippen molar-refractivity contribution in [1.29, 1.82) is 5.26 Å². The van der Waals surface area contributed by atoms with Crippen molar-refractivity contribution in [2.24, 2.45) is 4.99 Å².